The second kappa shape index (κ2) is 6.53. The Hall–Kier alpha value is -0.940. The van der Waals surface area contributed by atoms with E-state index < -0.39 is 10.1 Å². The number of hydrogen-bond donors (Lipinski definition) is 0. The summed E-state index contributed by atoms with van der Waals surface area (Å²) in [5.74, 6) is 0. The van der Waals surface area contributed by atoms with Crippen molar-refractivity contribution < 1.29 is 17.5 Å². The standard InChI is InChI=1S/C9H14N.CH4O3S/c1-3-9-6-5-7-10(4-2)8-9;1-5(2,3)4/h5-8H,3-4H2,1-2H3;1H3,(H,2,3,4)/q+1;/p-1. The van der Waals surface area contributed by atoms with Gasteiger partial charge in [0.15, 0.2) is 12.4 Å². The molecule has 0 unspecified atom stereocenters. The van der Waals surface area contributed by atoms with Crippen LogP contribution < -0.4 is 4.57 Å². The number of hydrogen-bond acceptors (Lipinski definition) is 3. The van der Waals surface area contributed by atoms with Crippen LogP contribution in [0.2, 0.25) is 0 Å². The van der Waals surface area contributed by atoms with E-state index in [0.717, 1.165) is 13.0 Å². The van der Waals surface area contributed by atoms with E-state index in [-0.39, 0.29) is 0 Å². The molecule has 0 aromatic carbocycles. The fourth-order valence-corrected chi connectivity index (χ4v) is 0.982. The van der Waals surface area contributed by atoms with Gasteiger partial charge >= 0.3 is 0 Å². The van der Waals surface area contributed by atoms with Crippen LogP contribution in [0.5, 0.6) is 0 Å². The van der Waals surface area contributed by atoms with Crippen LogP contribution in [0.1, 0.15) is 19.4 Å². The molecule has 0 fully saturated rings. The maximum Gasteiger partial charge on any atom is 0.171 e. The summed E-state index contributed by atoms with van der Waals surface area (Å²) >= 11 is 0. The molecule has 0 saturated heterocycles. The summed E-state index contributed by atoms with van der Waals surface area (Å²) < 4.78 is 29.4. The van der Waals surface area contributed by atoms with E-state index in [1.54, 1.807) is 0 Å². The summed E-state index contributed by atoms with van der Waals surface area (Å²) in [5.41, 5.74) is 1.41. The topological polar surface area (TPSA) is 61.1 Å². The van der Waals surface area contributed by atoms with Crippen molar-refractivity contribution in [2.45, 2.75) is 26.8 Å². The molecule has 0 spiro atoms. The first-order chi connectivity index (χ1) is 6.86. The zero-order valence-corrected chi connectivity index (χ0v) is 10.1. The predicted molar refractivity (Wildman–Crippen MR) is 57.3 cm³/mol. The Morgan fingerprint density at radius 3 is 2.33 bits per heavy atom. The van der Waals surface area contributed by atoms with Crippen molar-refractivity contribution in [1.82, 2.24) is 0 Å². The Bertz CT molecular complexity index is 360. The fraction of sp³-hybridized carbons (Fsp3) is 0.500. The minimum atomic E-state index is -3.92. The largest absolute Gasteiger partial charge is 0.748 e. The number of pyridine rings is 1. The number of aryl methyl sites for hydroxylation is 2. The second-order valence-corrected chi connectivity index (χ2v) is 4.51. The maximum atomic E-state index is 9.08. The highest BCUT2D eigenvalue weighted by atomic mass is 32.2. The molecule has 0 atom stereocenters. The van der Waals surface area contributed by atoms with Gasteiger partial charge in [-0.05, 0) is 19.4 Å². The minimum absolute atomic E-state index is 0.604. The third-order valence-corrected chi connectivity index (χ3v) is 1.69. The van der Waals surface area contributed by atoms with Crippen LogP contribution in [-0.4, -0.2) is 19.2 Å². The smallest absolute Gasteiger partial charge is 0.171 e. The van der Waals surface area contributed by atoms with E-state index >= 15 is 0 Å². The van der Waals surface area contributed by atoms with Crippen LogP contribution in [0.25, 0.3) is 0 Å². The molecular formula is C10H17NO3S. The third-order valence-electron chi connectivity index (χ3n) is 1.69. The van der Waals surface area contributed by atoms with E-state index in [1.165, 1.54) is 5.56 Å². The molecule has 5 heteroatoms. The van der Waals surface area contributed by atoms with E-state index in [1.807, 2.05) is 0 Å². The molecule has 1 aromatic heterocycles. The zero-order chi connectivity index (χ0) is 11.9. The van der Waals surface area contributed by atoms with E-state index in [4.69, 9.17) is 13.0 Å². The SMILES string of the molecule is CCc1ccc[n+](CC)c1.CS(=O)(=O)[O-]. The molecule has 0 aliphatic carbocycles. The number of rotatable bonds is 2. The van der Waals surface area contributed by atoms with Crippen molar-refractivity contribution in [3.8, 4) is 0 Å². The van der Waals surface area contributed by atoms with Crippen molar-refractivity contribution in [3.63, 3.8) is 0 Å². The molecule has 0 amide bonds. The number of nitrogens with zero attached hydrogens (tertiary/aromatic N) is 1. The molecule has 15 heavy (non-hydrogen) atoms. The lowest BCUT2D eigenvalue weighted by atomic mass is 10.2. The van der Waals surface area contributed by atoms with Crippen molar-refractivity contribution in [1.29, 1.82) is 0 Å². The fourth-order valence-electron chi connectivity index (χ4n) is 0.982. The van der Waals surface area contributed by atoms with Crippen molar-refractivity contribution in [2.24, 2.45) is 0 Å². The van der Waals surface area contributed by atoms with E-state index in [9.17, 15) is 0 Å². The summed E-state index contributed by atoms with van der Waals surface area (Å²) in [6.45, 7) is 5.39. The first-order valence-electron chi connectivity index (χ1n) is 4.75. The Morgan fingerprint density at radius 1 is 1.40 bits per heavy atom. The van der Waals surface area contributed by atoms with Gasteiger partial charge < -0.3 is 4.55 Å². The summed E-state index contributed by atoms with van der Waals surface area (Å²) in [7, 11) is -3.92. The van der Waals surface area contributed by atoms with Crippen LogP contribution in [0, 0.1) is 0 Å². The quantitative estimate of drug-likeness (QED) is 0.556. The van der Waals surface area contributed by atoms with Gasteiger partial charge in [-0.2, -0.15) is 0 Å². The lowest BCUT2D eigenvalue weighted by Gasteiger charge is -1.93. The molecule has 4 nitrogen and oxygen atoms in total. The first kappa shape index (κ1) is 14.1. The molecule has 0 radical (unpaired) electrons. The lowest BCUT2D eigenvalue weighted by Crippen LogP contribution is -2.31. The Kier molecular flexibility index (Phi) is 6.12. The highest BCUT2D eigenvalue weighted by Crippen LogP contribution is 1.93. The average molecular weight is 231 g/mol. The van der Waals surface area contributed by atoms with Gasteiger partial charge in [-0.25, -0.2) is 13.0 Å². The van der Waals surface area contributed by atoms with Crippen LogP contribution in [-0.2, 0) is 23.1 Å². The Balaban J connectivity index is 0.000000336. The summed E-state index contributed by atoms with van der Waals surface area (Å²) in [5, 5.41) is 0. The van der Waals surface area contributed by atoms with Gasteiger partial charge in [0.05, 0.1) is 10.1 Å². The van der Waals surface area contributed by atoms with Gasteiger partial charge in [-0.3, -0.25) is 0 Å². The van der Waals surface area contributed by atoms with Crippen molar-refractivity contribution >= 4 is 10.1 Å². The highest BCUT2D eigenvalue weighted by molar-refractivity contribution is 7.84. The predicted octanol–water partition coefficient (Wildman–Crippen LogP) is 0.718. The monoisotopic (exact) mass is 231 g/mol. The van der Waals surface area contributed by atoms with E-state index in [2.05, 4.69) is 42.9 Å². The van der Waals surface area contributed by atoms with Gasteiger partial charge in [0, 0.05) is 17.9 Å². The van der Waals surface area contributed by atoms with Crippen LogP contribution >= 0.6 is 0 Å². The lowest BCUT2D eigenvalue weighted by molar-refractivity contribution is -0.693. The van der Waals surface area contributed by atoms with Crippen molar-refractivity contribution in [2.75, 3.05) is 6.26 Å². The molecule has 0 bridgehead atoms. The molecule has 0 aliphatic heterocycles. The normalized spacial score (nSPS) is 10.4. The van der Waals surface area contributed by atoms with Gasteiger partial charge in [-0.1, -0.05) is 6.92 Å². The van der Waals surface area contributed by atoms with Gasteiger partial charge in [-0.15, -0.1) is 0 Å². The molecule has 86 valence electrons. The van der Waals surface area contributed by atoms with Gasteiger partial charge in [0.1, 0.15) is 6.54 Å². The zero-order valence-electron chi connectivity index (χ0n) is 9.30. The molecule has 0 N–H and O–H groups in total. The van der Waals surface area contributed by atoms with Crippen LogP contribution in [0.4, 0.5) is 0 Å². The third kappa shape index (κ3) is 9.37. The molecular weight excluding hydrogens is 214 g/mol. The highest BCUT2D eigenvalue weighted by Gasteiger charge is 1.95. The first-order valence-corrected chi connectivity index (χ1v) is 6.57. The molecule has 0 aliphatic rings. The van der Waals surface area contributed by atoms with Gasteiger partial charge in [0.25, 0.3) is 0 Å². The second-order valence-electron chi connectivity index (χ2n) is 3.10. The summed E-state index contributed by atoms with van der Waals surface area (Å²) in [6.07, 6.45) is 6.02. The summed E-state index contributed by atoms with van der Waals surface area (Å²) in [6, 6.07) is 4.26. The average Bonchev–Trinajstić information content (AvgIpc) is 2.15. The molecule has 1 rings (SSSR count). The maximum absolute atomic E-state index is 9.08. The summed E-state index contributed by atoms with van der Waals surface area (Å²) in [4.78, 5) is 0. The van der Waals surface area contributed by atoms with Crippen LogP contribution in [0.3, 0.4) is 0 Å². The van der Waals surface area contributed by atoms with Crippen LogP contribution in [0.15, 0.2) is 24.5 Å². The Labute approximate surface area is 91.3 Å². The Morgan fingerprint density at radius 2 is 1.93 bits per heavy atom. The van der Waals surface area contributed by atoms with Crippen molar-refractivity contribution in [3.05, 3.63) is 30.1 Å². The molecule has 1 aromatic rings. The molecule has 1 heterocycles. The number of aromatic nitrogens is 1. The van der Waals surface area contributed by atoms with E-state index in [0.29, 0.717) is 6.26 Å². The van der Waals surface area contributed by atoms with Gasteiger partial charge in [0.2, 0.25) is 0 Å². The molecule has 0 saturated carbocycles. The minimum Gasteiger partial charge on any atom is -0.748 e.